The number of methoxy groups -OCH3 is 1. The Morgan fingerprint density at radius 2 is 1.84 bits per heavy atom. The van der Waals surface area contributed by atoms with Gasteiger partial charge in [-0.3, -0.25) is 14.9 Å². The number of carbonyl (C=O) groups excluding carboxylic acids is 2. The van der Waals surface area contributed by atoms with E-state index < -0.39 is 35.4 Å². The van der Waals surface area contributed by atoms with Crippen molar-refractivity contribution in [2.75, 3.05) is 26.1 Å². The molecule has 0 unspecified atom stereocenters. The molecule has 0 aliphatic rings. The van der Waals surface area contributed by atoms with Crippen LogP contribution in [0.3, 0.4) is 0 Å². The summed E-state index contributed by atoms with van der Waals surface area (Å²) in [5, 5.41) is 13.0. The number of alkyl halides is 3. The third-order valence-corrected chi connectivity index (χ3v) is 6.70. The van der Waals surface area contributed by atoms with Crippen LogP contribution in [0.1, 0.15) is 11.1 Å². The highest BCUT2D eigenvalue weighted by Gasteiger charge is 2.41. The number of rotatable bonds is 10. The van der Waals surface area contributed by atoms with E-state index in [9.17, 15) is 32.9 Å². The standard InChI is InChI=1S/C27H22Cl2F3N5O7/c1-36(2)21-5-4-14(11-33-21)24-34-19-10-16(37(40)41)9-15(22(19)44-24)12-43-23-17(28)6-13(7-18(23)29)8-20(25(38)42-3)35-26(39)27(30,31)32/h4-7,9-11,20H,8,12H2,1-3H3,(H,35,39)/t20-/m0/s1. The van der Waals surface area contributed by atoms with Crippen LogP contribution in [0.25, 0.3) is 22.6 Å². The van der Waals surface area contributed by atoms with Crippen LogP contribution in [0.15, 0.2) is 47.0 Å². The van der Waals surface area contributed by atoms with Gasteiger partial charge in [0, 0.05) is 44.4 Å². The number of fused-ring (bicyclic) bond motifs is 1. The molecule has 0 aliphatic heterocycles. The van der Waals surface area contributed by atoms with Crippen molar-refractivity contribution in [3.05, 3.63) is 73.9 Å². The second kappa shape index (κ2) is 12.9. The number of ether oxygens (including phenoxy) is 2. The lowest BCUT2D eigenvalue weighted by Crippen LogP contribution is -2.48. The first-order chi connectivity index (χ1) is 20.7. The molecule has 232 valence electrons. The van der Waals surface area contributed by atoms with E-state index in [1.807, 2.05) is 14.1 Å². The van der Waals surface area contributed by atoms with E-state index in [1.165, 1.54) is 24.3 Å². The maximum Gasteiger partial charge on any atom is 0.471 e. The molecular weight excluding hydrogens is 634 g/mol. The molecule has 4 rings (SSSR count). The van der Waals surface area contributed by atoms with Crippen molar-refractivity contribution in [1.82, 2.24) is 15.3 Å². The van der Waals surface area contributed by atoms with Gasteiger partial charge < -0.3 is 24.1 Å². The van der Waals surface area contributed by atoms with Crippen LogP contribution < -0.4 is 15.0 Å². The topological polar surface area (TPSA) is 150 Å². The molecule has 1 atom stereocenters. The summed E-state index contributed by atoms with van der Waals surface area (Å²) in [4.78, 5) is 44.9. The second-order valence-corrected chi connectivity index (χ2v) is 10.3. The monoisotopic (exact) mass is 655 g/mol. The van der Waals surface area contributed by atoms with E-state index in [1.54, 1.807) is 28.5 Å². The minimum atomic E-state index is -5.23. The summed E-state index contributed by atoms with van der Waals surface area (Å²) in [5.41, 5.74) is 1.05. The lowest BCUT2D eigenvalue weighted by molar-refractivity contribution is -0.384. The summed E-state index contributed by atoms with van der Waals surface area (Å²) >= 11 is 12.7. The van der Waals surface area contributed by atoms with Crippen molar-refractivity contribution >= 4 is 57.7 Å². The molecule has 0 saturated carbocycles. The van der Waals surface area contributed by atoms with Crippen molar-refractivity contribution in [2.45, 2.75) is 25.2 Å². The minimum absolute atomic E-state index is 0.0612. The number of oxazole rings is 1. The molecule has 0 spiro atoms. The number of nitrogens with one attached hydrogen (secondary N) is 1. The van der Waals surface area contributed by atoms with Crippen molar-refractivity contribution in [2.24, 2.45) is 0 Å². The molecule has 4 aromatic rings. The highest BCUT2D eigenvalue weighted by molar-refractivity contribution is 6.37. The van der Waals surface area contributed by atoms with E-state index in [4.69, 9.17) is 32.4 Å². The Balaban J connectivity index is 1.60. The zero-order valence-electron chi connectivity index (χ0n) is 23.1. The molecule has 12 nitrogen and oxygen atoms in total. The Labute approximate surface area is 256 Å². The SMILES string of the molecule is COC(=O)[C@H](Cc1cc(Cl)c(OCc2cc([N+](=O)[O-])cc3nc(-c4ccc(N(C)C)nc4)oc23)c(Cl)c1)NC(=O)C(F)(F)F. The van der Waals surface area contributed by atoms with Gasteiger partial charge in [0.25, 0.3) is 5.69 Å². The summed E-state index contributed by atoms with van der Waals surface area (Å²) in [6.45, 7) is -0.310. The summed E-state index contributed by atoms with van der Waals surface area (Å²) in [6, 6.07) is 6.83. The van der Waals surface area contributed by atoms with Gasteiger partial charge in [-0.25, -0.2) is 14.8 Å². The van der Waals surface area contributed by atoms with Crippen LogP contribution >= 0.6 is 23.2 Å². The van der Waals surface area contributed by atoms with Crippen molar-refractivity contribution in [3.63, 3.8) is 0 Å². The Kier molecular flexibility index (Phi) is 9.49. The fraction of sp³-hybridized carbons (Fsp3) is 0.259. The fourth-order valence-corrected chi connectivity index (χ4v) is 4.67. The Bertz CT molecular complexity index is 1710. The van der Waals surface area contributed by atoms with Gasteiger partial charge in [-0.2, -0.15) is 13.2 Å². The number of carbonyl (C=O) groups is 2. The van der Waals surface area contributed by atoms with E-state index in [0.29, 0.717) is 11.4 Å². The average Bonchev–Trinajstić information content (AvgIpc) is 3.40. The van der Waals surface area contributed by atoms with Crippen molar-refractivity contribution in [3.8, 4) is 17.2 Å². The Morgan fingerprint density at radius 3 is 2.39 bits per heavy atom. The van der Waals surface area contributed by atoms with Gasteiger partial charge in [-0.15, -0.1) is 0 Å². The predicted molar refractivity (Wildman–Crippen MR) is 153 cm³/mol. The van der Waals surface area contributed by atoms with Crippen molar-refractivity contribution < 1.29 is 41.6 Å². The van der Waals surface area contributed by atoms with Crippen LogP contribution in [0.4, 0.5) is 24.7 Å². The first-order valence-electron chi connectivity index (χ1n) is 12.5. The van der Waals surface area contributed by atoms with Gasteiger partial charge in [-0.1, -0.05) is 23.2 Å². The van der Waals surface area contributed by atoms with Gasteiger partial charge >= 0.3 is 18.1 Å². The number of hydrogen-bond acceptors (Lipinski definition) is 10. The first kappa shape index (κ1) is 32.3. The summed E-state index contributed by atoms with van der Waals surface area (Å²) < 4.78 is 54.4. The lowest BCUT2D eigenvalue weighted by Gasteiger charge is -2.18. The number of hydrogen-bond donors (Lipinski definition) is 1. The number of benzene rings is 2. The summed E-state index contributed by atoms with van der Waals surface area (Å²) in [7, 11) is 4.61. The number of aromatic nitrogens is 2. The highest BCUT2D eigenvalue weighted by atomic mass is 35.5. The largest absolute Gasteiger partial charge is 0.486 e. The molecule has 2 heterocycles. The maximum atomic E-state index is 12.7. The molecular formula is C27H22Cl2F3N5O7. The molecule has 1 N–H and O–H groups in total. The Morgan fingerprint density at radius 1 is 1.16 bits per heavy atom. The van der Waals surface area contributed by atoms with Gasteiger partial charge in [0.1, 0.15) is 24.0 Å². The van der Waals surface area contributed by atoms with Crippen LogP contribution in [-0.4, -0.2) is 60.2 Å². The maximum absolute atomic E-state index is 12.7. The third kappa shape index (κ3) is 7.29. The highest BCUT2D eigenvalue weighted by Crippen LogP contribution is 2.37. The normalized spacial score (nSPS) is 12.1. The average molecular weight is 656 g/mol. The molecule has 0 aliphatic carbocycles. The van der Waals surface area contributed by atoms with E-state index in [2.05, 4.69) is 14.7 Å². The van der Waals surface area contributed by atoms with Crippen molar-refractivity contribution in [1.29, 1.82) is 0 Å². The number of pyridine rings is 1. The zero-order chi connectivity index (χ0) is 32.3. The number of nitro groups is 1. The number of esters is 1. The van der Waals surface area contributed by atoms with Gasteiger partial charge in [0.05, 0.1) is 27.6 Å². The number of amides is 1. The fourth-order valence-electron chi connectivity index (χ4n) is 4.03. The van der Waals surface area contributed by atoms with Crippen LogP contribution in [-0.2, 0) is 27.4 Å². The van der Waals surface area contributed by atoms with Crippen LogP contribution in [0, 0.1) is 10.1 Å². The number of anilines is 1. The van der Waals surface area contributed by atoms with Gasteiger partial charge in [0.2, 0.25) is 5.89 Å². The quantitative estimate of drug-likeness (QED) is 0.132. The molecule has 1 amide bonds. The summed E-state index contributed by atoms with van der Waals surface area (Å²) in [6.07, 6.45) is -4.12. The molecule has 0 saturated heterocycles. The molecule has 2 aromatic heterocycles. The predicted octanol–water partition coefficient (Wildman–Crippen LogP) is 5.51. The number of halogens is 5. The molecule has 0 radical (unpaired) electrons. The molecule has 44 heavy (non-hydrogen) atoms. The smallest absolute Gasteiger partial charge is 0.471 e. The summed E-state index contributed by atoms with van der Waals surface area (Å²) in [5.74, 6) is -2.65. The lowest BCUT2D eigenvalue weighted by atomic mass is 10.1. The molecule has 2 aromatic carbocycles. The van der Waals surface area contributed by atoms with Gasteiger partial charge in [-0.05, 0) is 29.8 Å². The van der Waals surface area contributed by atoms with E-state index in [-0.39, 0.29) is 56.2 Å². The first-order valence-corrected chi connectivity index (χ1v) is 13.2. The van der Waals surface area contributed by atoms with E-state index in [0.717, 1.165) is 7.11 Å². The second-order valence-electron chi connectivity index (χ2n) is 9.46. The molecule has 0 bridgehead atoms. The Hall–Kier alpha value is -4.63. The number of nitrogens with zero attached hydrogens (tertiary/aromatic N) is 4. The number of non-ortho nitro benzene ring substituents is 1. The number of nitro benzene ring substituents is 1. The van der Waals surface area contributed by atoms with Gasteiger partial charge in [0.15, 0.2) is 11.3 Å². The van der Waals surface area contributed by atoms with E-state index >= 15 is 0 Å². The van der Waals surface area contributed by atoms with Crippen LogP contribution in [0.5, 0.6) is 5.75 Å². The third-order valence-electron chi connectivity index (χ3n) is 6.13. The molecule has 0 fully saturated rings. The minimum Gasteiger partial charge on any atom is -0.486 e. The molecule has 17 heteroatoms. The zero-order valence-corrected chi connectivity index (χ0v) is 24.6. The van der Waals surface area contributed by atoms with Crippen LogP contribution in [0.2, 0.25) is 10.0 Å².